The summed E-state index contributed by atoms with van der Waals surface area (Å²) in [5, 5.41) is 2.83. The van der Waals surface area contributed by atoms with E-state index in [1.165, 1.54) is 12.1 Å². The average molecular weight is 425 g/mol. The van der Waals surface area contributed by atoms with Gasteiger partial charge in [0.15, 0.2) is 0 Å². The van der Waals surface area contributed by atoms with E-state index >= 15 is 0 Å². The second-order valence-electron chi connectivity index (χ2n) is 6.86. The molecule has 7 heteroatoms. The molecule has 30 heavy (non-hydrogen) atoms. The molecule has 0 unspecified atom stereocenters. The highest BCUT2D eigenvalue weighted by atomic mass is 32.2. The van der Waals surface area contributed by atoms with Crippen LogP contribution < -0.4 is 14.8 Å². The van der Waals surface area contributed by atoms with Gasteiger partial charge in [-0.2, -0.15) is 0 Å². The van der Waals surface area contributed by atoms with Crippen LogP contribution in [0.15, 0.2) is 71.6 Å². The van der Waals surface area contributed by atoms with Crippen molar-refractivity contribution in [2.24, 2.45) is 0 Å². The van der Waals surface area contributed by atoms with E-state index in [4.69, 9.17) is 4.74 Å². The summed E-state index contributed by atoms with van der Waals surface area (Å²) in [6.07, 6.45) is 0. The molecule has 0 aromatic heterocycles. The lowest BCUT2D eigenvalue weighted by atomic mass is 10.1. The summed E-state index contributed by atoms with van der Waals surface area (Å²) in [5.41, 5.74) is 3.38. The fraction of sp³-hybridized carbons (Fsp3) is 0.174. The SMILES string of the molecule is CCOc1ccc(NS(=O)(=O)c2cccc(C(=O)Nc3ccc(C)cc3C)c2)cc1. The number of carbonyl (C=O) groups excluding carboxylic acids is 1. The minimum absolute atomic E-state index is 0.00432. The third-order valence-electron chi connectivity index (χ3n) is 4.45. The highest BCUT2D eigenvalue weighted by Gasteiger charge is 2.17. The summed E-state index contributed by atoms with van der Waals surface area (Å²) >= 11 is 0. The molecule has 0 spiro atoms. The number of nitrogens with one attached hydrogen (secondary N) is 2. The van der Waals surface area contributed by atoms with Gasteiger partial charge in [0.25, 0.3) is 15.9 Å². The smallest absolute Gasteiger partial charge is 0.261 e. The van der Waals surface area contributed by atoms with Crippen molar-refractivity contribution in [1.82, 2.24) is 0 Å². The predicted octanol–water partition coefficient (Wildman–Crippen LogP) is 4.76. The van der Waals surface area contributed by atoms with Gasteiger partial charge < -0.3 is 10.1 Å². The van der Waals surface area contributed by atoms with Gasteiger partial charge in [0.2, 0.25) is 0 Å². The number of amides is 1. The highest BCUT2D eigenvalue weighted by molar-refractivity contribution is 7.92. The molecule has 0 saturated carbocycles. The number of anilines is 2. The van der Waals surface area contributed by atoms with Gasteiger partial charge in [0, 0.05) is 16.9 Å². The van der Waals surface area contributed by atoms with Gasteiger partial charge >= 0.3 is 0 Å². The van der Waals surface area contributed by atoms with E-state index in [-0.39, 0.29) is 16.4 Å². The van der Waals surface area contributed by atoms with Crippen molar-refractivity contribution in [1.29, 1.82) is 0 Å². The average Bonchev–Trinajstić information content (AvgIpc) is 2.71. The molecule has 0 atom stereocenters. The minimum atomic E-state index is -3.85. The number of hydrogen-bond acceptors (Lipinski definition) is 4. The van der Waals surface area contributed by atoms with E-state index in [0.717, 1.165) is 11.1 Å². The quantitative estimate of drug-likeness (QED) is 0.573. The van der Waals surface area contributed by atoms with E-state index in [2.05, 4.69) is 10.0 Å². The molecule has 3 rings (SSSR count). The van der Waals surface area contributed by atoms with E-state index in [0.29, 0.717) is 23.7 Å². The highest BCUT2D eigenvalue weighted by Crippen LogP contribution is 2.21. The third-order valence-corrected chi connectivity index (χ3v) is 5.83. The van der Waals surface area contributed by atoms with Gasteiger partial charge in [-0.15, -0.1) is 0 Å². The van der Waals surface area contributed by atoms with Crippen LogP contribution in [0.4, 0.5) is 11.4 Å². The largest absolute Gasteiger partial charge is 0.494 e. The third kappa shape index (κ3) is 5.18. The molecular weight excluding hydrogens is 400 g/mol. The number of sulfonamides is 1. The molecule has 0 fully saturated rings. The van der Waals surface area contributed by atoms with Gasteiger partial charge in [-0.3, -0.25) is 9.52 Å². The van der Waals surface area contributed by atoms with Gasteiger partial charge in [-0.25, -0.2) is 8.42 Å². The molecule has 156 valence electrons. The Morgan fingerprint density at radius 3 is 2.37 bits per heavy atom. The first-order valence-corrected chi connectivity index (χ1v) is 11.0. The molecule has 0 heterocycles. The van der Waals surface area contributed by atoms with Crippen LogP contribution in [0.5, 0.6) is 5.75 Å². The van der Waals surface area contributed by atoms with Crippen LogP contribution in [0.1, 0.15) is 28.4 Å². The van der Waals surface area contributed by atoms with Gasteiger partial charge in [-0.05, 0) is 74.9 Å². The van der Waals surface area contributed by atoms with Crippen LogP contribution in [-0.4, -0.2) is 20.9 Å². The van der Waals surface area contributed by atoms with Crippen molar-refractivity contribution >= 4 is 27.3 Å². The Kier molecular flexibility index (Phi) is 6.42. The van der Waals surface area contributed by atoms with E-state index in [1.807, 2.05) is 39.0 Å². The molecular formula is C23H24N2O4S. The van der Waals surface area contributed by atoms with Crippen LogP contribution in [0.2, 0.25) is 0 Å². The van der Waals surface area contributed by atoms with Crippen LogP contribution in [0.3, 0.4) is 0 Å². The second kappa shape index (κ2) is 9.00. The van der Waals surface area contributed by atoms with Crippen molar-refractivity contribution in [3.05, 3.63) is 83.4 Å². The zero-order valence-corrected chi connectivity index (χ0v) is 17.9. The summed E-state index contributed by atoms with van der Waals surface area (Å²) in [6, 6.07) is 18.3. The second-order valence-corrected chi connectivity index (χ2v) is 8.55. The summed E-state index contributed by atoms with van der Waals surface area (Å²) in [6.45, 7) is 6.29. The first kappa shape index (κ1) is 21.4. The fourth-order valence-electron chi connectivity index (χ4n) is 2.95. The Bertz CT molecular complexity index is 1160. The summed E-state index contributed by atoms with van der Waals surface area (Å²) in [4.78, 5) is 12.7. The Morgan fingerprint density at radius 2 is 1.70 bits per heavy atom. The molecule has 0 saturated heterocycles. The maximum atomic E-state index is 12.8. The zero-order chi connectivity index (χ0) is 21.7. The van der Waals surface area contributed by atoms with Gasteiger partial charge in [0.05, 0.1) is 11.5 Å². The fourth-order valence-corrected chi connectivity index (χ4v) is 4.06. The number of carbonyl (C=O) groups is 1. The van der Waals surface area contributed by atoms with Crippen molar-refractivity contribution < 1.29 is 17.9 Å². The van der Waals surface area contributed by atoms with Crippen LogP contribution in [-0.2, 0) is 10.0 Å². The first-order valence-electron chi connectivity index (χ1n) is 9.53. The van der Waals surface area contributed by atoms with Crippen molar-refractivity contribution in [2.45, 2.75) is 25.7 Å². The summed E-state index contributed by atoms with van der Waals surface area (Å²) in [7, 11) is -3.85. The number of hydrogen-bond donors (Lipinski definition) is 2. The summed E-state index contributed by atoms with van der Waals surface area (Å²) < 4.78 is 33.4. The lowest BCUT2D eigenvalue weighted by Gasteiger charge is -2.12. The number of rotatable bonds is 7. The Hall–Kier alpha value is -3.32. The predicted molar refractivity (Wildman–Crippen MR) is 119 cm³/mol. The standard InChI is InChI=1S/C23H24N2O4S/c1-4-29-20-11-9-19(10-12-20)25-30(27,28)21-7-5-6-18(15-21)23(26)24-22-13-8-16(2)14-17(22)3/h5-15,25H,4H2,1-3H3,(H,24,26). The lowest BCUT2D eigenvalue weighted by Crippen LogP contribution is -2.16. The molecule has 2 N–H and O–H groups in total. The molecule has 6 nitrogen and oxygen atoms in total. The van der Waals surface area contributed by atoms with Gasteiger partial charge in [0.1, 0.15) is 5.75 Å². The van der Waals surface area contributed by atoms with Crippen LogP contribution >= 0.6 is 0 Å². The molecule has 0 bridgehead atoms. The lowest BCUT2D eigenvalue weighted by molar-refractivity contribution is 0.102. The molecule has 3 aromatic rings. The molecule has 3 aromatic carbocycles. The van der Waals surface area contributed by atoms with Crippen molar-refractivity contribution in [3.8, 4) is 5.75 Å². The topological polar surface area (TPSA) is 84.5 Å². The minimum Gasteiger partial charge on any atom is -0.494 e. The van der Waals surface area contributed by atoms with E-state index < -0.39 is 10.0 Å². The Morgan fingerprint density at radius 1 is 0.967 bits per heavy atom. The molecule has 1 amide bonds. The zero-order valence-electron chi connectivity index (χ0n) is 17.1. The van der Waals surface area contributed by atoms with Gasteiger partial charge in [-0.1, -0.05) is 23.8 Å². The number of ether oxygens (including phenoxy) is 1. The normalized spacial score (nSPS) is 11.0. The van der Waals surface area contributed by atoms with Crippen molar-refractivity contribution in [2.75, 3.05) is 16.6 Å². The molecule has 0 aliphatic heterocycles. The molecule has 0 radical (unpaired) electrons. The van der Waals surface area contributed by atoms with E-state index in [1.54, 1.807) is 36.4 Å². The summed E-state index contributed by atoms with van der Waals surface area (Å²) in [5.74, 6) is 0.283. The monoisotopic (exact) mass is 424 g/mol. The Balaban J connectivity index is 1.78. The maximum Gasteiger partial charge on any atom is 0.261 e. The number of aryl methyl sites for hydroxylation is 2. The number of benzene rings is 3. The Labute approximate surface area is 177 Å². The van der Waals surface area contributed by atoms with E-state index in [9.17, 15) is 13.2 Å². The first-order chi connectivity index (χ1) is 14.3. The molecule has 0 aliphatic rings. The van der Waals surface area contributed by atoms with Crippen LogP contribution in [0.25, 0.3) is 0 Å². The van der Waals surface area contributed by atoms with Crippen molar-refractivity contribution in [3.63, 3.8) is 0 Å². The molecule has 0 aliphatic carbocycles. The van der Waals surface area contributed by atoms with Crippen LogP contribution in [0, 0.1) is 13.8 Å². The maximum absolute atomic E-state index is 12.8.